The van der Waals surface area contributed by atoms with Crippen LogP contribution in [0.2, 0.25) is 0 Å². The second-order valence-electron chi connectivity index (χ2n) is 2.15. The molecule has 0 aliphatic heterocycles. The zero-order valence-corrected chi connectivity index (χ0v) is 7.81. The van der Waals surface area contributed by atoms with E-state index in [1.807, 2.05) is 0 Å². The van der Waals surface area contributed by atoms with Gasteiger partial charge < -0.3 is 5.32 Å². The highest BCUT2D eigenvalue weighted by Crippen LogP contribution is 1.96. The molecule has 0 bridgehead atoms. The predicted molar refractivity (Wildman–Crippen MR) is 53.4 cm³/mol. The van der Waals surface area contributed by atoms with Gasteiger partial charge in [0.25, 0.3) is 0 Å². The summed E-state index contributed by atoms with van der Waals surface area (Å²) >= 11 is 8.65. The van der Waals surface area contributed by atoms with Crippen LogP contribution >= 0.6 is 24.8 Å². The lowest BCUT2D eigenvalue weighted by molar-refractivity contribution is 0.674. The van der Waals surface area contributed by atoms with E-state index in [0.717, 1.165) is 19.4 Å². The topological polar surface area (TPSA) is 12.0 Å². The lowest BCUT2D eigenvalue weighted by Crippen LogP contribution is -2.17. The maximum Gasteiger partial charge on any atom is 0.130 e. The van der Waals surface area contributed by atoms with Gasteiger partial charge in [-0.2, -0.15) is 0 Å². The first-order valence-corrected chi connectivity index (χ1v) is 4.39. The summed E-state index contributed by atoms with van der Waals surface area (Å²) in [5, 5.41) is 2.98. The highest BCUT2D eigenvalue weighted by molar-refractivity contribution is 8.11. The molecule has 0 atom stereocenters. The van der Waals surface area contributed by atoms with Crippen molar-refractivity contribution >= 4 is 29.2 Å². The smallest absolute Gasteiger partial charge is 0.130 e. The average molecular weight is 176 g/mol. The van der Waals surface area contributed by atoms with E-state index >= 15 is 0 Å². The van der Waals surface area contributed by atoms with Crippen molar-refractivity contribution < 1.29 is 0 Å². The van der Waals surface area contributed by atoms with E-state index in [2.05, 4.69) is 24.9 Å². The van der Waals surface area contributed by atoms with Crippen LogP contribution in [-0.2, 0) is 0 Å². The maximum atomic E-state index is 4.71. The first kappa shape index (κ1) is 10.2. The Balaban J connectivity index is 2.84. The molecule has 0 fully saturated rings. The largest absolute Gasteiger partial charge is 0.371 e. The first-order chi connectivity index (χ1) is 4.77. The van der Waals surface area contributed by atoms with Crippen LogP contribution in [0.1, 0.15) is 25.7 Å². The Kier molecular flexibility index (Phi) is 7.52. The van der Waals surface area contributed by atoms with Gasteiger partial charge in [0.05, 0.1) is 0 Å². The highest BCUT2D eigenvalue weighted by Gasteiger charge is 1.87. The molecule has 0 aromatic heterocycles. The molecule has 0 rings (SSSR count). The predicted octanol–water partition coefficient (Wildman–Crippen LogP) is 2.19. The Morgan fingerprint density at radius 2 is 2.10 bits per heavy atom. The summed E-state index contributed by atoms with van der Waals surface area (Å²) in [6.45, 7) is 4.70. The third-order valence-corrected chi connectivity index (χ3v) is 1.51. The monoisotopic (exact) mass is 176 g/mol. The molecular formula is C7H14NS2. The van der Waals surface area contributed by atoms with Crippen molar-refractivity contribution in [1.82, 2.24) is 5.32 Å². The molecule has 0 amide bonds. The summed E-state index contributed by atoms with van der Waals surface area (Å²) in [5.74, 6) is 0. The summed E-state index contributed by atoms with van der Waals surface area (Å²) < 4.78 is 0.592. The molecule has 59 valence electrons. The second-order valence-corrected chi connectivity index (χ2v) is 3.30. The van der Waals surface area contributed by atoms with E-state index in [4.69, 9.17) is 12.2 Å². The van der Waals surface area contributed by atoms with Crippen molar-refractivity contribution in [2.75, 3.05) is 6.54 Å². The van der Waals surface area contributed by atoms with Gasteiger partial charge in [0.1, 0.15) is 4.32 Å². The summed E-state index contributed by atoms with van der Waals surface area (Å²) in [4.78, 5) is 0. The van der Waals surface area contributed by atoms with Crippen molar-refractivity contribution in [1.29, 1.82) is 0 Å². The molecule has 1 radical (unpaired) electrons. The van der Waals surface area contributed by atoms with Crippen molar-refractivity contribution in [2.45, 2.75) is 25.7 Å². The molecule has 0 aromatic rings. The van der Waals surface area contributed by atoms with E-state index in [1.54, 1.807) is 0 Å². The maximum absolute atomic E-state index is 4.71. The minimum absolute atomic E-state index is 0.592. The van der Waals surface area contributed by atoms with E-state index in [9.17, 15) is 0 Å². The van der Waals surface area contributed by atoms with Gasteiger partial charge in [0.2, 0.25) is 0 Å². The molecule has 0 heterocycles. The fourth-order valence-electron chi connectivity index (χ4n) is 0.674. The number of nitrogens with one attached hydrogen (secondary N) is 1. The Bertz CT molecular complexity index is 93.6. The van der Waals surface area contributed by atoms with E-state index in [1.165, 1.54) is 12.8 Å². The van der Waals surface area contributed by atoms with Gasteiger partial charge in [0, 0.05) is 6.54 Å². The number of rotatable bonds is 5. The molecule has 0 aliphatic rings. The Labute approximate surface area is 74.0 Å². The number of hydrogen-bond acceptors (Lipinski definition) is 1. The van der Waals surface area contributed by atoms with Gasteiger partial charge in [-0.3, -0.25) is 0 Å². The van der Waals surface area contributed by atoms with Crippen molar-refractivity contribution in [3.63, 3.8) is 0 Å². The van der Waals surface area contributed by atoms with Crippen LogP contribution in [0.25, 0.3) is 0 Å². The molecule has 3 heteroatoms. The van der Waals surface area contributed by atoms with Crippen LogP contribution in [0.3, 0.4) is 0 Å². The minimum atomic E-state index is 0.592. The van der Waals surface area contributed by atoms with Crippen LogP contribution < -0.4 is 5.32 Å². The average Bonchev–Trinajstić information content (AvgIpc) is 1.87. The molecule has 1 nitrogen and oxygen atoms in total. The molecule has 10 heavy (non-hydrogen) atoms. The number of thiol groups is 1. The summed E-state index contributed by atoms with van der Waals surface area (Å²) in [6.07, 6.45) is 4.63. The summed E-state index contributed by atoms with van der Waals surface area (Å²) in [7, 11) is 0. The molecule has 0 aromatic carbocycles. The highest BCUT2D eigenvalue weighted by atomic mass is 32.1. The number of hydrogen-bond donors (Lipinski definition) is 2. The van der Waals surface area contributed by atoms with Gasteiger partial charge in [-0.05, 0) is 6.42 Å². The quantitative estimate of drug-likeness (QED) is 0.378. The minimum Gasteiger partial charge on any atom is -0.371 e. The molecule has 0 spiro atoms. The third kappa shape index (κ3) is 8.24. The Morgan fingerprint density at radius 3 is 2.60 bits per heavy atom. The van der Waals surface area contributed by atoms with Gasteiger partial charge in [-0.1, -0.05) is 38.4 Å². The SMILES string of the molecule is [CH2]CCCCCNC(=S)S. The van der Waals surface area contributed by atoms with Gasteiger partial charge in [-0.25, -0.2) is 0 Å². The summed E-state index contributed by atoms with van der Waals surface area (Å²) in [5.41, 5.74) is 0. The number of thiocarbonyl (C=S) groups is 1. The zero-order valence-electron chi connectivity index (χ0n) is 6.10. The van der Waals surface area contributed by atoms with Crippen LogP contribution in [0.15, 0.2) is 0 Å². The van der Waals surface area contributed by atoms with Crippen LogP contribution in [0, 0.1) is 6.92 Å². The standard InChI is InChI=1S/C7H14NS2/c1-2-3-4-5-6-8-7(9)10/h1-6H2,(H2,8,9,10). The van der Waals surface area contributed by atoms with Crippen molar-refractivity contribution in [2.24, 2.45) is 0 Å². The van der Waals surface area contributed by atoms with E-state index in [-0.39, 0.29) is 0 Å². The molecule has 0 saturated heterocycles. The van der Waals surface area contributed by atoms with Gasteiger partial charge in [-0.15, -0.1) is 12.6 Å². The Hall–Kier alpha value is 0.240. The van der Waals surface area contributed by atoms with Crippen molar-refractivity contribution in [3.05, 3.63) is 6.92 Å². The molecule has 0 saturated carbocycles. The van der Waals surface area contributed by atoms with E-state index < -0.39 is 0 Å². The zero-order chi connectivity index (χ0) is 7.82. The Morgan fingerprint density at radius 1 is 1.40 bits per heavy atom. The first-order valence-electron chi connectivity index (χ1n) is 3.53. The molecule has 0 unspecified atom stereocenters. The van der Waals surface area contributed by atoms with Crippen LogP contribution in [0.5, 0.6) is 0 Å². The van der Waals surface area contributed by atoms with Crippen molar-refractivity contribution in [3.8, 4) is 0 Å². The summed E-state index contributed by atoms with van der Waals surface area (Å²) in [6, 6.07) is 0. The second kappa shape index (κ2) is 7.35. The van der Waals surface area contributed by atoms with E-state index in [0.29, 0.717) is 4.32 Å². The fraction of sp³-hybridized carbons (Fsp3) is 0.714. The lowest BCUT2D eigenvalue weighted by atomic mass is 10.2. The molecule has 0 aliphatic carbocycles. The normalized spacial score (nSPS) is 9.40. The third-order valence-electron chi connectivity index (χ3n) is 1.20. The van der Waals surface area contributed by atoms with Gasteiger partial charge >= 0.3 is 0 Å². The van der Waals surface area contributed by atoms with Crippen LogP contribution in [0.4, 0.5) is 0 Å². The number of unbranched alkanes of at least 4 members (excludes halogenated alkanes) is 3. The molecule has 1 N–H and O–H groups in total. The fourth-order valence-corrected chi connectivity index (χ4v) is 0.888. The molecular weight excluding hydrogens is 162 g/mol. The van der Waals surface area contributed by atoms with Gasteiger partial charge in [0.15, 0.2) is 0 Å². The lowest BCUT2D eigenvalue weighted by Gasteiger charge is -2.00. The van der Waals surface area contributed by atoms with Crippen LogP contribution in [-0.4, -0.2) is 10.9 Å².